The molecular weight excluding hydrogens is 609 g/mol. The topological polar surface area (TPSA) is 131 Å². The van der Waals surface area contributed by atoms with Crippen LogP contribution in [0.15, 0.2) is 71.6 Å². The molecule has 2 fully saturated rings. The first kappa shape index (κ1) is 29.7. The molecule has 11 nitrogen and oxygen atoms in total. The van der Waals surface area contributed by atoms with Crippen LogP contribution in [0.4, 0.5) is 15.2 Å². The fourth-order valence-electron chi connectivity index (χ4n) is 4.95. The van der Waals surface area contributed by atoms with E-state index in [2.05, 4.69) is 20.9 Å². The molecule has 2 aromatic heterocycles. The van der Waals surface area contributed by atoms with Gasteiger partial charge >= 0.3 is 0 Å². The molecule has 0 unspecified atom stereocenters. The van der Waals surface area contributed by atoms with Crippen molar-refractivity contribution in [3.8, 4) is 11.5 Å². The van der Waals surface area contributed by atoms with Gasteiger partial charge in [-0.05, 0) is 54.6 Å². The van der Waals surface area contributed by atoms with Crippen molar-refractivity contribution in [3.63, 3.8) is 0 Å². The van der Waals surface area contributed by atoms with Crippen LogP contribution in [0.25, 0.3) is 0 Å². The third-order valence-electron chi connectivity index (χ3n) is 7.07. The smallest absolute Gasteiger partial charge is 0.251 e. The second-order valence-corrected chi connectivity index (χ2v) is 12.0. The van der Waals surface area contributed by atoms with Crippen molar-refractivity contribution in [1.82, 2.24) is 20.5 Å². The third-order valence-corrected chi connectivity index (χ3v) is 8.69. The first-order chi connectivity index (χ1) is 21.4. The van der Waals surface area contributed by atoms with Crippen LogP contribution in [-0.4, -0.2) is 65.7 Å². The highest BCUT2D eigenvalue weighted by Gasteiger charge is 2.52. The molecule has 2 aromatic carbocycles. The zero-order chi connectivity index (χ0) is 30.5. The number of halogens is 1. The van der Waals surface area contributed by atoms with E-state index in [1.165, 1.54) is 51.8 Å². The number of ether oxygens (including phenoxy) is 3. The summed E-state index contributed by atoms with van der Waals surface area (Å²) in [5.41, 5.74) is 1.20. The number of carbonyl (C=O) groups excluding carboxylic acids is 3. The van der Waals surface area contributed by atoms with Crippen LogP contribution in [0.3, 0.4) is 0 Å². The van der Waals surface area contributed by atoms with Gasteiger partial charge in [0.05, 0.1) is 38.5 Å². The summed E-state index contributed by atoms with van der Waals surface area (Å²) < 4.78 is 30.4. The Morgan fingerprint density at radius 1 is 1.02 bits per heavy atom. The number of nitrogens with one attached hydrogen (secondary N) is 3. The summed E-state index contributed by atoms with van der Waals surface area (Å²) in [5, 5.41) is 13.4. The van der Waals surface area contributed by atoms with Crippen molar-refractivity contribution in [2.75, 3.05) is 31.6 Å². The molecule has 4 heterocycles. The molecular formula is C30H28FN5O6S2. The van der Waals surface area contributed by atoms with Gasteiger partial charge in [0.15, 0.2) is 10.9 Å². The van der Waals surface area contributed by atoms with Crippen LogP contribution in [-0.2, 0) is 25.6 Å². The van der Waals surface area contributed by atoms with Gasteiger partial charge in [-0.15, -0.1) is 22.7 Å². The van der Waals surface area contributed by atoms with E-state index in [4.69, 9.17) is 14.2 Å². The van der Waals surface area contributed by atoms with Crippen LogP contribution in [0.5, 0.6) is 11.5 Å². The van der Waals surface area contributed by atoms with E-state index < -0.39 is 23.6 Å². The fourth-order valence-corrected chi connectivity index (χ4v) is 6.26. The lowest BCUT2D eigenvalue weighted by molar-refractivity contribution is -0.152. The molecule has 0 bridgehead atoms. The Hall–Kier alpha value is -4.37. The lowest BCUT2D eigenvalue weighted by atomic mass is 10.1. The molecule has 6 rings (SSSR count). The zero-order valence-electron chi connectivity index (χ0n) is 23.3. The SMILES string of the molecule is O=C(NCC(=O)N1CC2(C[C@H]1C(=O)NCc1cc(Nc3nccs3)cs1)OCCO2)c1ccc(Oc2ccc(F)cc2)cc1. The predicted octanol–water partition coefficient (Wildman–Crippen LogP) is 4.27. The van der Waals surface area contributed by atoms with Gasteiger partial charge < -0.3 is 35.1 Å². The Bertz CT molecular complexity index is 1610. The Morgan fingerprint density at radius 2 is 1.75 bits per heavy atom. The van der Waals surface area contributed by atoms with E-state index >= 15 is 0 Å². The molecule has 1 atom stereocenters. The Labute approximate surface area is 260 Å². The Morgan fingerprint density at radius 3 is 2.45 bits per heavy atom. The van der Waals surface area contributed by atoms with Gasteiger partial charge in [0.2, 0.25) is 11.8 Å². The average molecular weight is 638 g/mol. The van der Waals surface area contributed by atoms with E-state index in [-0.39, 0.29) is 37.8 Å². The number of thiazole rings is 1. The van der Waals surface area contributed by atoms with Crippen LogP contribution < -0.4 is 20.7 Å². The number of rotatable bonds is 10. The molecule has 228 valence electrons. The van der Waals surface area contributed by atoms with E-state index in [1.807, 2.05) is 16.8 Å². The molecule has 1 spiro atoms. The van der Waals surface area contributed by atoms with Crippen molar-refractivity contribution in [1.29, 1.82) is 0 Å². The van der Waals surface area contributed by atoms with Crippen molar-refractivity contribution < 1.29 is 33.0 Å². The van der Waals surface area contributed by atoms with Crippen LogP contribution in [0, 0.1) is 5.82 Å². The highest BCUT2D eigenvalue weighted by atomic mass is 32.1. The lowest BCUT2D eigenvalue weighted by Crippen LogP contribution is -2.49. The number of nitrogens with zero attached hydrogens (tertiary/aromatic N) is 2. The predicted molar refractivity (Wildman–Crippen MR) is 162 cm³/mol. The zero-order valence-corrected chi connectivity index (χ0v) is 24.9. The van der Waals surface area contributed by atoms with E-state index in [0.29, 0.717) is 30.3 Å². The quantitative estimate of drug-likeness (QED) is 0.235. The number of amides is 3. The highest BCUT2D eigenvalue weighted by Crippen LogP contribution is 2.35. The first-order valence-electron chi connectivity index (χ1n) is 13.8. The minimum Gasteiger partial charge on any atom is -0.457 e. The molecule has 4 aromatic rings. The summed E-state index contributed by atoms with van der Waals surface area (Å²) >= 11 is 2.98. The second kappa shape index (κ2) is 13.1. The van der Waals surface area contributed by atoms with Crippen LogP contribution in [0.1, 0.15) is 21.7 Å². The van der Waals surface area contributed by atoms with Crippen molar-refractivity contribution >= 4 is 51.2 Å². The largest absolute Gasteiger partial charge is 0.457 e. The van der Waals surface area contributed by atoms with Gasteiger partial charge in [-0.3, -0.25) is 14.4 Å². The van der Waals surface area contributed by atoms with Gasteiger partial charge in [0.1, 0.15) is 23.4 Å². The van der Waals surface area contributed by atoms with Crippen molar-refractivity contribution in [2.45, 2.75) is 24.8 Å². The summed E-state index contributed by atoms with van der Waals surface area (Å²) in [6.45, 7) is 0.795. The molecule has 0 aliphatic carbocycles. The maximum Gasteiger partial charge on any atom is 0.251 e. The monoisotopic (exact) mass is 637 g/mol. The third kappa shape index (κ3) is 7.05. The van der Waals surface area contributed by atoms with Crippen LogP contribution in [0.2, 0.25) is 0 Å². The molecule has 3 amide bonds. The summed E-state index contributed by atoms with van der Waals surface area (Å²) in [7, 11) is 0. The molecule has 2 saturated heterocycles. The standard InChI is InChI=1S/C30H28FN5O6S2/c31-20-3-7-23(8-4-20)42-22-5-1-19(2-6-22)27(38)34-16-26(37)36-18-30(40-10-11-41-30)14-25(36)28(39)33-15-24-13-21(17-44-24)35-29-32-9-12-43-29/h1-9,12-13,17,25H,10-11,14-16,18H2,(H,32,35)(H,33,39)(H,34,38)/t25-/m0/s1. The van der Waals surface area contributed by atoms with Gasteiger partial charge in [0, 0.05) is 33.8 Å². The van der Waals surface area contributed by atoms with E-state index in [0.717, 1.165) is 15.7 Å². The van der Waals surface area contributed by atoms with E-state index in [1.54, 1.807) is 30.5 Å². The molecule has 0 saturated carbocycles. The van der Waals surface area contributed by atoms with Crippen molar-refractivity contribution in [2.24, 2.45) is 0 Å². The number of benzene rings is 2. The van der Waals surface area contributed by atoms with Gasteiger partial charge in [-0.1, -0.05) is 0 Å². The van der Waals surface area contributed by atoms with Crippen LogP contribution >= 0.6 is 22.7 Å². The van der Waals surface area contributed by atoms with Gasteiger partial charge in [-0.2, -0.15) is 0 Å². The summed E-state index contributed by atoms with van der Waals surface area (Å²) in [5.74, 6) is -1.73. The van der Waals surface area contributed by atoms with Crippen molar-refractivity contribution in [3.05, 3.63) is 87.8 Å². The van der Waals surface area contributed by atoms with Gasteiger partial charge in [-0.25, -0.2) is 9.37 Å². The molecule has 0 radical (unpaired) electrons. The number of hydrogen-bond donors (Lipinski definition) is 3. The minimum absolute atomic E-state index is 0.0795. The number of anilines is 2. The maximum absolute atomic E-state index is 13.3. The number of aromatic nitrogens is 1. The average Bonchev–Trinajstić information content (AvgIpc) is 3.86. The van der Waals surface area contributed by atoms with Gasteiger partial charge in [0.25, 0.3) is 5.91 Å². The molecule has 3 N–H and O–H groups in total. The molecule has 14 heteroatoms. The number of hydrogen-bond acceptors (Lipinski definition) is 10. The fraction of sp³-hybridized carbons (Fsp3) is 0.267. The van der Waals surface area contributed by atoms with E-state index in [9.17, 15) is 18.8 Å². The second-order valence-electron chi connectivity index (χ2n) is 10.1. The molecule has 44 heavy (non-hydrogen) atoms. The maximum atomic E-state index is 13.3. The molecule has 2 aliphatic heterocycles. The Kier molecular flexibility index (Phi) is 8.84. The summed E-state index contributed by atoms with van der Waals surface area (Å²) in [6, 6.07) is 13.0. The number of thiophene rings is 1. The number of likely N-dealkylation sites (tertiary alicyclic amines) is 1. The summed E-state index contributed by atoms with van der Waals surface area (Å²) in [4.78, 5) is 46.0. The first-order valence-corrected chi connectivity index (χ1v) is 15.5. The minimum atomic E-state index is -1.05. The number of carbonyl (C=O) groups is 3. The Balaban J connectivity index is 1.04. The molecule has 2 aliphatic rings. The summed E-state index contributed by atoms with van der Waals surface area (Å²) in [6.07, 6.45) is 1.91. The lowest BCUT2D eigenvalue weighted by Gasteiger charge is -2.24. The highest BCUT2D eigenvalue weighted by molar-refractivity contribution is 7.13. The normalized spacial score (nSPS) is 17.0.